The quantitative estimate of drug-likeness (QED) is 0.599. The molecule has 0 bridgehead atoms. The van der Waals surface area contributed by atoms with Crippen molar-refractivity contribution in [3.63, 3.8) is 0 Å². The number of anilines is 1. The maximum absolute atomic E-state index is 13.4. The summed E-state index contributed by atoms with van der Waals surface area (Å²) in [5.41, 5.74) is 2.33. The fourth-order valence-corrected chi connectivity index (χ4v) is 3.68. The highest BCUT2D eigenvalue weighted by Gasteiger charge is 2.16. The average molecular weight is 397 g/mol. The molecule has 2 aromatic rings. The molecule has 0 radical (unpaired) electrons. The van der Waals surface area contributed by atoms with Gasteiger partial charge in [0.1, 0.15) is 0 Å². The van der Waals surface area contributed by atoms with E-state index in [2.05, 4.69) is 20.4 Å². The van der Waals surface area contributed by atoms with Gasteiger partial charge in [0.05, 0.1) is 11.1 Å². The van der Waals surface area contributed by atoms with E-state index in [1.807, 2.05) is 0 Å². The highest BCUT2D eigenvalue weighted by Crippen LogP contribution is 2.30. The molecule has 1 aliphatic rings. The molecule has 1 saturated heterocycles. The second-order valence-electron chi connectivity index (χ2n) is 5.71. The highest BCUT2D eigenvalue weighted by atomic mass is 35.5. The second kappa shape index (κ2) is 8.95. The van der Waals surface area contributed by atoms with Gasteiger partial charge in [-0.3, -0.25) is 4.79 Å². The standard InChI is InChI=1S/C17H18ClFN4O2S/c18-16-14(26-17(21-16)23-8-4-1-5-9-23)10-20-22-15(24)11-25-13-7-3-2-6-12(13)19/h2-3,6-7,10H,1,4-5,8-9,11H2,(H,22,24)/b20-10-. The molecule has 138 valence electrons. The van der Waals surface area contributed by atoms with Crippen LogP contribution in [0.3, 0.4) is 0 Å². The van der Waals surface area contributed by atoms with E-state index >= 15 is 0 Å². The summed E-state index contributed by atoms with van der Waals surface area (Å²) in [7, 11) is 0. The van der Waals surface area contributed by atoms with Crippen molar-refractivity contribution in [2.75, 3.05) is 24.6 Å². The van der Waals surface area contributed by atoms with Crippen LogP contribution in [0.5, 0.6) is 5.75 Å². The number of rotatable bonds is 6. The molecule has 0 unspecified atom stereocenters. The van der Waals surface area contributed by atoms with Crippen LogP contribution in [0.25, 0.3) is 0 Å². The van der Waals surface area contributed by atoms with E-state index in [4.69, 9.17) is 16.3 Å². The Hall–Kier alpha value is -2.19. The van der Waals surface area contributed by atoms with Crippen molar-refractivity contribution in [1.29, 1.82) is 0 Å². The maximum Gasteiger partial charge on any atom is 0.277 e. The summed E-state index contributed by atoms with van der Waals surface area (Å²) in [6.07, 6.45) is 5.00. The maximum atomic E-state index is 13.4. The third-order valence-electron chi connectivity index (χ3n) is 3.79. The molecule has 1 aliphatic heterocycles. The molecule has 1 N–H and O–H groups in total. The Morgan fingerprint density at radius 2 is 2.15 bits per heavy atom. The fourth-order valence-electron chi connectivity index (χ4n) is 2.50. The van der Waals surface area contributed by atoms with Crippen LogP contribution in [0.15, 0.2) is 29.4 Å². The van der Waals surface area contributed by atoms with E-state index in [1.165, 1.54) is 36.1 Å². The number of aromatic nitrogens is 1. The van der Waals surface area contributed by atoms with E-state index in [-0.39, 0.29) is 12.4 Å². The predicted molar refractivity (Wildman–Crippen MR) is 101 cm³/mol. The number of carbonyl (C=O) groups is 1. The number of amides is 1. The van der Waals surface area contributed by atoms with Crippen molar-refractivity contribution in [3.05, 3.63) is 40.1 Å². The van der Waals surface area contributed by atoms with Gasteiger partial charge in [-0.05, 0) is 31.4 Å². The van der Waals surface area contributed by atoms with Gasteiger partial charge in [0.25, 0.3) is 5.91 Å². The van der Waals surface area contributed by atoms with E-state index in [0.29, 0.717) is 10.0 Å². The minimum Gasteiger partial charge on any atom is -0.481 e. The van der Waals surface area contributed by atoms with Gasteiger partial charge in [0.15, 0.2) is 28.5 Å². The number of carbonyl (C=O) groups excluding carboxylic acids is 1. The molecule has 0 atom stereocenters. The topological polar surface area (TPSA) is 66.8 Å². The van der Waals surface area contributed by atoms with E-state index in [1.54, 1.807) is 12.1 Å². The number of ether oxygens (including phenoxy) is 1. The first-order chi connectivity index (χ1) is 12.6. The monoisotopic (exact) mass is 396 g/mol. The van der Waals surface area contributed by atoms with Gasteiger partial charge < -0.3 is 9.64 Å². The van der Waals surface area contributed by atoms with E-state index in [0.717, 1.165) is 31.1 Å². The number of hydrazone groups is 1. The number of benzene rings is 1. The first-order valence-corrected chi connectivity index (χ1v) is 9.43. The molecule has 0 saturated carbocycles. The lowest BCUT2D eigenvalue weighted by Gasteiger charge is -2.25. The molecule has 1 amide bonds. The third kappa shape index (κ3) is 4.92. The predicted octanol–water partition coefficient (Wildman–Crippen LogP) is 3.46. The summed E-state index contributed by atoms with van der Waals surface area (Å²) in [5, 5.41) is 5.09. The normalized spacial score (nSPS) is 14.6. The zero-order valence-corrected chi connectivity index (χ0v) is 15.5. The Kier molecular flexibility index (Phi) is 6.40. The summed E-state index contributed by atoms with van der Waals surface area (Å²) in [5.74, 6) is -1.00. The van der Waals surface area contributed by atoms with Crippen LogP contribution in [0.4, 0.5) is 9.52 Å². The number of thiazole rings is 1. The smallest absolute Gasteiger partial charge is 0.277 e. The van der Waals surface area contributed by atoms with Crippen LogP contribution >= 0.6 is 22.9 Å². The number of hydrogen-bond donors (Lipinski definition) is 1. The minimum atomic E-state index is -0.523. The SMILES string of the molecule is O=C(COc1ccccc1F)N/N=C\c1sc(N2CCCCC2)nc1Cl. The Balaban J connectivity index is 1.51. The Morgan fingerprint density at radius 1 is 1.38 bits per heavy atom. The van der Waals surface area contributed by atoms with Gasteiger partial charge in [-0.15, -0.1) is 0 Å². The molecule has 3 rings (SSSR count). The number of nitrogens with one attached hydrogen (secondary N) is 1. The van der Waals surface area contributed by atoms with Gasteiger partial charge in [0.2, 0.25) is 0 Å². The van der Waals surface area contributed by atoms with Crippen LogP contribution < -0.4 is 15.1 Å². The first kappa shape index (κ1) is 18.6. The van der Waals surface area contributed by atoms with E-state index in [9.17, 15) is 9.18 Å². The van der Waals surface area contributed by atoms with Crippen LogP contribution in [0.2, 0.25) is 5.15 Å². The summed E-state index contributed by atoms with van der Waals surface area (Å²) < 4.78 is 18.5. The summed E-state index contributed by atoms with van der Waals surface area (Å²) in [4.78, 5) is 19.0. The average Bonchev–Trinajstić information content (AvgIpc) is 3.03. The van der Waals surface area contributed by atoms with Crippen molar-refractivity contribution in [2.24, 2.45) is 5.10 Å². The number of hydrogen-bond acceptors (Lipinski definition) is 6. The van der Waals surface area contributed by atoms with Crippen LogP contribution in [0.1, 0.15) is 24.1 Å². The third-order valence-corrected chi connectivity index (χ3v) is 5.24. The molecular weight excluding hydrogens is 379 g/mol. The van der Waals surface area contributed by atoms with Gasteiger partial charge in [0, 0.05) is 13.1 Å². The van der Waals surface area contributed by atoms with Crippen molar-refractivity contribution in [1.82, 2.24) is 10.4 Å². The molecular formula is C17H18ClFN4O2S. The molecule has 0 spiro atoms. The van der Waals surface area contributed by atoms with Gasteiger partial charge >= 0.3 is 0 Å². The molecule has 2 heterocycles. The van der Waals surface area contributed by atoms with Crippen molar-refractivity contribution in [3.8, 4) is 5.75 Å². The van der Waals surface area contributed by atoms with Gasteiger partial charge in [-0.2, -0.15) is 5.10 Å². The lowest BCUT2D eigenvalue weighted by atomic mass is 10.1. The summed E-state index contributed by atoms with van der Waals surface area (Å²) >= 11 is 7.57. The number of nitrogens with zero attached hydrogens (tertiary/aromatic N) is 3. The molecule has 1 aromatic heterocycles. The fraction of sp³-hybridized carbons (Fsp3) is 0.353. The highest BCUT2D eigenvalue weighted by molar-refractivity contribution is 7.17. The number of piperidine rings is 1. The van der Waals surface area contributed by atoms with Crippen molar-refractivity contribution >= 4 is 40.2 Å². The lowest BCUT2D eigenvalue weighted by molar-refractivity contribution is -0.123. The van der Waals surface area contributed by atoms with Crippen LogP contribution in [-0.4, -0.2) is 36.8 Å². The molecule has 1 aromatic carbocycles. The second-order valence-corrected chi connectivity index (χ2v) is 7.08. The number of halogens is 2. The molecule has 9 heteroatoms. The van der Waals surface area contributed by atoms with Crippen molar-refractivity contribution < 1.29 is 13.9 Å². The van der Waals surface area contributed by atoms with E-state index < -0.39 is 11.7 Å². The Labute approximate surface area is 159 Å². The summed E-state index contributed by atoms with van der Waals surface area (Å²) in [6.45, 7) is 1.61. The Morgan fingerprint density at radius 3 is 2.92 bits per heavy atom. The Bertz CT molecular complexity index is 793. The van der Waals surface area contributed by atoms with Gasteiger partial charge in [-0.25, -0.2) is 14.8 Å². The number of para-hydroxylation sites is 1. The summed E-state index contributed by atoms with van der Waals surface area (Å²) in [6, 6.07) is 5.88. The zero-order chi connectivity index (χ0) is 18.4. The van der Waals surface area contributed by atoms with Crippen LogP contribution in [0, 0.1) is 5.82 Å². The molecule has 0 aliphatic carbocycles. The first-order valence-electron chi connectivity index (χ1n) is 8.24. The molecule has 26 heavy (non-hydrogen) atoms. The molecule has 1 fully saturated rings. The largest absolute Gasteiger partial charge is 0.481 e. The molecule has 6 nitrogen and oxygen atoms in total. The van der Waals surface area contributed by atoms with Crippen LogP contribution in [-0.2, 0) is 4.79 Å². The lowest BCUT2D eigenvalue weighted by Crippen LogP contribution is -2.29. The zero-order valence-electron chi connectivity index (χ0n) is 14.0. The van der Waals surface area contributed by atoms with Crippen molar-refractivity contribution in [2.45, 2.75) is 19.3 Å². The minimum absolute atomic E-state index is 0.0169. The van der Waals surface area contributed by atoms with Gasteiger partial charge in [-0.1, -0.05) is 35.1 Å².